The molecule has 1 spiro atoms. The molecule has 2 fully saturated rings. The Labute approximate surface area is 120 Å². The highest BCUT2D eigenvalue weighted by molar-refractivity contribution is 7.12. The lowest BCUT2D eigenvalue weighted by Gasteiger charge is -2.52. The molecule has 2 saturated carbocycles. The van der Waals surface area contributed by atoms with Crippen molar-refractivity contribution in [2.24, 2.45) is 5.41 Å². The van der Waals surface area contributed by atoms with Crippen LogP contribution in [-0.4, -0.2) is 6.04 Å². The Kier molecular flexibility index (Phi) is 3.19. The lowest BCUT2D eigenvalue weighted by molar-refractivity contribution is 0.0223. The Morgan fingerprint density at radius 1 is 1.11 bits per heavy atom. The minimum absolute atomic E-state index is 0.707. The quantitative estimate of drug-likeness (QED) is 0.860. The summed E-state index contributed by atoms with van der Waals surface area (Å²) in [4.78, 5) is 3.26. The topological polar surface area (TPSA) is 12.0 Å². The van der Waals surface area contributed by atoms with E-state index in [0.717, 1.165) is 12.6 Å². The first kappa shape index (κ1) is 12.4. The van der Waals surface area contributed by atoms with Gasteiger partial charge in [-0.3, -0.25) is 0 Å². The van der Waals surface area contributed by atoms with Crippen molar-refractivity contribution in [1.82, 2.24) is 5.32 Å². The lowest BCUT2D eigenvalue weighted by atomic mass is 9.57. The van der Waals surface area contributed by atoms with Gasteiger partial charge < -0.3 is 5.32 Å². The molecule has 0 aromatic carbocycles. The Hall–Kier alpha value is -0.340. The van der Waals surface area contributed by atoms with Crippen LogP contribution < -0.4 is 5.32 Å². The summed E-state index contributed by atoms with van der Waals surface area (Å²) in [5.41, 5.74) is 2.36. The molecule has 1 heterocycles. The Morgan fingerprint density at radius 3 is 2.74 bits per heavy atom. The molecule has 1 nitrogen and oxygen atoms in total. The third-order valence-corrected chi connectivity index (χ3v) is 7.08. The summed E-state index contributed by atoms with van der Waals surface area (Å²) in [7, 11) is 0. The largest absolute Gasteiger partial charge is 0.309 e. The third-order valence-electron chi connectivity index (χ3n) is 5.84. The zero-order chi connectivity index (χ0) is 12.7. The van der Waals surface area contributed by atoms with Crippen molar-refractivity contribution in [2.45, 2.75) is 76.8 Å². The van der Waals surface area contributed by atoms with Crippen molar-refractivity contribution >= 4 is 11.3 Å². The van der Waals surface area contributed by atoms with Gasteiger partial charge in [0.15, 0.2) is 0 Å². The highest BCUT2D eigenvalue weighted by Gasteiger charge is 2.46. The minimum atomic E-state index is 0.707. The first-order valence-corrected chi connectivity index (χ1v) is 9.01. The van der Waals surface area contributed by atoms with E-state index in [1.165, 1.54) is 64.2 Å². The van der Waals surface area contributed by atoms with E-state index in [1.807, 2.05) is 0 Å². The summed E-state index contributed by atoms with van der Waals surface area (Å²) >= 11 is 2.07. The second kappa shape index (κ2) is 4.89. The second-order valence-electron chi connectivity index (χ2n) is 6.91. The zero-order valence-corrected chi connectivity index (χ0v) is 12.7. The van der Waals surface area contributed by atoms with Crippen LogP contribution in [0.3, 0.4) is 0 Å². The van der Waals surface area contributed by atoms with Crippen molar-refractivity contribution < 1.29 is 0 Å². The first-order valence-electron chi connectivity index (χ1n) is 8.20. The van der Waals surface area contributed by atoms with Crippen molar-refractivity contribution in [3.63, 3.8) is 0 Å². The van der Waals surface area contributed by atoms with Crippen molar-refractivity contribution in [3.8, 4) is 0 Å². The van der Waals surface area contributed by atoms with E-state index in [1.54, 1.807) is 15.3 Å². The third kappa shape index (κ3) is 2.17. The van der Waals surface area contributed by atoms with Gasteiger partial charge in [0.25, 0.3) is 0 Å². The predicted molar refractivity (Wildman–Crippen MR) is 81.7 cm³/mol. The molecule has 0 bridgehead atoms. The molecule has 3 aliphatic carbocycles. The van der Waals surface area contributed by atoms with E-state index in [2.05, 4.69) is 22.7 Å². The fraction of sp³-hybridized carbons (Fsp3) is 0.765. The van der Waals surface area contributed by atoms with Gasteiger partial charge in [0.2, 0.25) is 0 Å². The maximum atomic E-state index is 3.90. The molecule has 2 heteroatoms. The fourth-order valence-corrected chi connectivity index (χ4v) is 5.78. The molecule has 19 heavy (non-hydrogen) atoms. The normalized spacial score (nSPS) is 28.3. The maximum absolute atomic E-state index is 3.90. The van der Waals surface area contributed by atoms with Gasteiger partial charge in [-0.2, -0.15) is 0 Å². The number of rotatable bonds is 3. The lowest BCUT2D eigenvalue weighted by Crippen LogP contribution is -2.53. The molecule has 1 atom stereocenters. The van der Waals surface area contributed by atoms with Crippen molar-refractivity contribution in [3.05, 3.63) is 21.4 Å². The van der Waals surface area contributed by atoms with Gasteiger partial charge >= 0.3 is 0 Å². The van der Waals surface area contributed by atoms with Crippen LogP contribution in [0, 0.1) is 5.41 Å². The van der Waals surface area contributed by atoms with E-state index in [9.17, 15) is 0 Å². The molecular weight excluding hydrogens is 250 g/mol. The monoisotopic (exact) mass is 275 g/mol. The number of thiophene rings is 1. The van der Waals surface area contributed by atoms with Crippen LogP contribution in [0.25, 0.3) is 0 Å². The average molecular weight is 275 g/mol. The van der Waals surface area contributed by atoms with Gasteiger partial charge in [-0.15, -0.1) is 11.3 Å². The van der Waals surface area contributed by atoms with E-state index in [-0.39, 0.29) is 0 Å². The summed E-state index contributed by atoms with van der Waals surface area (Å²) in [6, 6.07) is 3.30. The van der Waals surface area contributed by atoms with E-state index < -0.39 is 0 Å². The molecule has 104 valence electrons. The molecule has 3 aliphatic rings. The van der Waals surface area contributed by atoms with Gasteiger partial charge in [-0.05, 0) is 62.0 Å². The van der Waals surface area contributed by atoms with Crippen molar-refractivity contribution in [1.29, 1.82) is 0 Å². The fourth-order valence-electron chi connectivity index (χ4n) is 4.57. The predicted octanol–water partition coefficient (Wildman–Crippen LogP) is 4.44. The van der Waals surface area contributed by atoms with Gasteiger partial charge in [-0.1, -0.05) is 19.3 Å². The van der Waals surface area contributed by atoms with E-state index in [0.29, 0.717) is 5.41 Å². The zero-order valence-electron chi connectivity index (χ0n) is 11.8. The van der Waals surface area contributed by atoms with Gasteiger partial charge in [0, 0.05) is 22.3 Å². The van der Waals surface area contributed by atoms with Crippen LogP contribution in [-0.2, 0) is 19.4 Å². The molecule has 1 aromatic heterocycles. The molecule has 0 aliphatic heterocycles. The van der Waals surface area contributed by atoms with Crippen LogP contribution in [0.4, 0.5) is 0 Å². The summed E-state index contributed by atoms with van der Waals surface area (Å²) in [5.74, 6) is 0. The van der Waals surface area contributed by atoms with Gasteiger partial charge in [0.05, 0.1) is 0 Å². The summed E-state index contributed by atoms with van der Waals surface area (Å²) in [6.07, 6.45) is 14.4. The number of nitrogens with one attached hydrogen (secondary N) is 1. The van der Waals surface area contributed by atoms with Crippen LogP contribution in [0.15, 0.2) is 6.07 Å². The van der Waals surface area contributed by atoms with E-state index >= 15 is 0 Å². The molecule has 1 aromatic rings. The van der Waals surface area contributed by atoms with Crippen LogP contribution in [0.5, 0.6) is 0 Å². The molecule has 0 radical (unpaired) electrons. The highest BCUT2D eigenvalue weighted by Crippen LogP contribution is 2.51. The number of aryl methyl sites for hydroxylation is 2. The Bertz CT molecular complexity index is 434. The second-order valence-corrected chi connectivity index (χ2v) is 8.13. The molecule has 4 rings (SSSR count). The number of hydrogen-bond acceptors (Lipinski definition) is 2. The molecule has 1 unspecified atom stereocenters. The summed E-state index contributed by atoms with van der Waals surface area (Å²) < 4.78 is 0. The average Bonchev–Trinajstić information content (AvgIpc) is 2.99. The summed E-state index contributed by atoms with van der Waals surface area (Å²) in [6.45, 7) is 1.13. The standard InChI is InChI=1S/C17H25NS/c1-2-8-17(9-3-1)10-7-16(17)18-12-14-11-13-5-4-6-15(13)19-14/h11,16,18H,1-10,12H2. The highest BCUT2D eigenvalue weighted by atomic mass is 32.1. The first-order chi connectivity index (χ1) is 9.36. The smallest absolute Gasteiger partial charge is 0.0302 e. The maximum Gasteiger partial charge on any atom is 0.0302 e. The Morgan fingerprint density at radius 2 is 2.00 bits per heavy atom. The Balaban J connectivity index is 1.36. The molecule has 1 N–H and O–H groups in total. The van der Waals surface area contributed by atoms with Crippen LogP contribution in [0.1, 0.15) is 66.7 Å². The van der Waals surface area contributed by atoms with Crippen LogP contribution >= 0.6 is 11.3 Å². The van der Waals surface area contributed by atoms with Crippen molar-refractivity contribution in [2.75, 3.05) is 0 Å². The number of hydrogen-bond donors (Lipinski definition) is 1. The molecular formula is C17H25NS. The van der Waals surface area contributed by atoms with Gasteiger partial charge in [-0.25, -0.2) is 0 Å². The van der Waals surface area contributed by atoms with E-state index in [4.69, 9.17) is 0 Å². The number of fused-ring (bicyclic) bond motifs is 1. The molecule has 0 amide bonds. The molecule has 0 saturated heterocycles. The SMILES string of the molecule is c1c(CNC2CCC23CCCCC3)sc2c1CCC2. The van der Waals surface area contributed by atoms with Gasteiger partial charge in [0.1, 0.15) is 0 Å². The van der Waals surface area contributed by atoms with Crippen LogP contribution in [0.2, 0.25) is 0 Å². The summed E-state index contributed by atoms with van der Waals surface area (Å²) in [5, 5.41) is 3.90. The minimum Gasteiger partial charge on any atom is -0.309 e.